The van der Waals surface area contributed by atoms with E-state index >= 15 is 0 Å². The molecule has 0 bridgehead atoms. The summed E-state index contributed by atoms with van der Waals surface area (Å²) in [6.07, 6.45) is 0.521. The van der Waals surface area contributed by atoms with E-state index < -0.39 is 5.54 Å². The van der Waals surface area contributed by atoms with Gasteiger partial charge in [0.2, 0.25) is 0 Å². The molecule has 0 radical (unpaired) electrons. The van der Waals surface area contributed by atoms with E-state index in [2.05, 4.69) is 6.07 Å². The molecule has 6 nitrogen and oxygen atoms in total. The molecule has 0 amide bonds. The van der Waals surface area contributed by atoms with Crippen LogP contribution in [0.5, 0.6) is 0 Å². The maximum absolute atomic E-state index is 13.3. The zero-order chi connectivity index (χ0) is 19.6. The largest absolute Gasteiger partial charge is 0.459 e. The van der Waals surface area contributed by atoms with Crippen molar-refractivity contribution < 1.29 is 9.53 Å². The van der Waals surface area contributed by atoms with Crippen molar-refractivity contribution in [2.24, 2.45) is 0 Å². The third kappa shape index (κ3) is 2.04. The van der Waals surface area contributed by atoms with Gasteiger partial charge < -0.3 is 9.30 Å². The lowest BCUT2D eigenvalue weighted by atomic mass is 9.81. The summed E-state index contributed by atoms with van der Waals surface area (Å²) < 4.78 is 7.20. The number of likely N-dealkylation sites (N-methyl/N-ethyl adjacent to an activating group) is 1. The Morgan fingerprint density at radius 1 is 1.21 bits per heavy atom. The molecule has 28 heavy (non-hydrogen) atoms. The molecule has 0 saturated carbocycles. The summed E-state index contributed by atoms with van der Waals surface area (Å²) in [6, 6.07) is 12.0. The summed E-state index contributed by atoms with van der Waals surface area (Å²) in [6.45, 7) is 2.46. The van der Waals surface area contributed by atoms with Gasteiger partial charge in [-0.15, -0.1) is 0 Å². The number of ether oxygens (including phenoxy) is 1. The highest BCUT2D eigenvalue weighted by atomic mass is 16.5. The van der Waals surface area contributed by atoms with Gasteiger partial charge in [-0.05, 0) is 44.3 Å². The quantitative estimate of drug-likeness (QED) is 0.504. The molecule has 0 fully saturated rings. The van der Waals surface area contributed by atoms with Crippen molar-refractivity contribution in [3.8, 4) is 11.4 Å². The van der Waals surface area contributed by atoms with E-state index in [4.69, 9.17) is 9.72 Å². The van der Waals surface area contributed by atoms with Gasteiger partial charge in [0, 0.05) is 10.9 Å². The topological polar surface area (TPSA) is 64.4 Å². The normalized spacial score (nSPS) is 20.1. The second kappa shape index (κ2) is 5.75. The Morgan fingerprint density at radius 2 is 2.00 bits per heavy atom. The predicted molar refractivity (Wildman–Crippen MR) is 106 cm³/mol. The van der Waals surface area contributed by atoms with Crippen molar-refractivity contribution in [3.63, 3.8) is 0 Å². The van der Waals surface area contributed by atoms with Gasteiger partial charge in [0.05, 0.1) is 29.0 Å². The first-order valence-corrected chi connectivity index (χ1v) is 9.48. The van der Waals surface area contributed by atoms with Crippen LogP contribution in [-0.4, -0.2) is 34.5 Å². The van der Waals surface area contributed by atoms with E-state index in [1.165, 1.54) is 0 Å². The van der Waals surface area contributed by atoms with Gasteiger partial charge in [-0.1, -0.05) is 25.1 Å². The summed E-state index contributed by atoms with van der Waals surface area (Å²) in [4.78, 5) is 32.8. The number of rotatable bonds is 2. The van der Waals surface area contributed by atoms with Gasteiger partial charge in [-0.25, -0.2) is 9.78 Å². The molecule has 2 aliphatic rings. The average molecular weight is 375 g/mol. The molecule has 4 heterocycles. The minimum atomic E-state index is -0.956. The molecule has 1 unspecified atom stereocenters. The van der Waals surface area contributed by atoms with E-state index in [9.17, 15) is 9.59 Å². The molecule has 2 aliphatic heterocycles. The molecule has 142 valence electrons. The molecule has 2 aromatic heterocycles. The van der Waals surface area contributed by atoms with Crippen LogP contribution in [-0.2, 0) is 28.2 Å². The van der Waals surface area contributed by atoms with Crippen LogP contribution in [0.4, 0.5) is 0 Å². The van der Waals surface area contributed by atoms with Crippen molar-refractivity contribution in [1.82, 2.24) is 14.5 Å². The van der Waals surface area contributed by atoms with Crippen LogP contribution in [0.15, 0.2) is 41.2 Å². The van der Waals surface area contributed by atoms with E-state index in [0.29, 0.717) is 18.5 Å². The highest BCUT2D eigenvalue weighted by Crippen LogP contribution is 2.40. The van der Waals surface area contributed by atoms with Crippen molar-refractivity contribution >= 4 is 16.9 Å². The van der Waals surface area contributed by atoms with Crippen molar-refractivity contribution in [1.29, 1.82) is 0 Å². The van der Waals surface area contributed by atoms with E-state index in [1.54, 1.807) is 4.57 Å². The van der Waals surface area contributed by atoms with Crippen molar-refractivity contribution in [3.05, 3.63) is 63.4 Å². The molecule has 5 rings (SSSR count). The third-order valence-corrected chi connectivity index (χ3v) is 6.18. The maximum atomic E-state index is 13.3. The number of nitrogens with zero attached hydrogens (tertiary/aromatic N) is 3. The zero-order valence-electron chi connectivity index (χ0n) is 16.2. The SMILES string of the molecule is CCC1(N(C)C)C(=O)OCc2c1cc1n(c2=O)Cc2cc3ccccc3nc2-1. The average Bonchev–Trinajstić information content (AvgIpc) is 3.04. The number of cyclic esters (lactones) is 1. The number of carbonyl (C=O) groups excluding carboxylic acids is 1. The Labute approximate surface area is 162 Å². The molecule has 0 aliphatic carbocycles. The number of pyridine rings is 2. The second-order valence-corrected chi connectivity index (χ2v) is 7.69. The highest BCUT2D eigenvalue weighted by Gasteiger charge is 2.48. The predicted octanol–water partition coefficient (Wildman–Crippen LogP) is 2.65. The Bertz CT molecular complexity index is 1210. The second-order valence-electron chi connectivity index (χ2n) is 7.69. The monoisotopic (exact) mass is 375 g/mol. The number of esters is 1. The van der Waals surface area contributed by atoms with Crippen molar-refractivity contribution in [2.75, 3.05) is 14.1 Å². The number of hydrogen-bond donors (Lipinski definition) is 0. The van der Waals surface area contributed by atoms with Gasteiger partial charge in [-0.2, -0.15) is 0 Å². The fourth-order valence-corrected chi connectivity index (χ4v) is 4.66. The van der Waals surface area contributed by atoms with Crippen LogP contribution in [0.3, 0.4) is 0 Å². The first kappa shape index (κ1) is 17.1. The summed E-state index contributed by atoms with van der Waals surface area (Å²) in [5, 5.41) is 1.06. The van der Waals surface area contributed by atoms with E-state index in [-0.39, 0.29) is 18.1 Å². The zero-order valence-corrected chi connectivity index (χ0v) is 16.2. The summed E-state index contributed by atoms with van der Waals surface area (Å²) >= 11 is 0. The lowest BCUT2D eigenvalue weighted by Gasteiger charge is -2.41. The number of aromatic nitrogens is 2. The summed E-state index contributed by atoms with van der Waals surface area (Å²) in [7, 11) is 3.70. The Morgan fingerprint density at radius 3 is 2.75 bits per heavy atom. The molecule has 1 atom stereocenters. The Kier molecular flexibility index (Phi) is 3.52. The van der Waals surface area contributed by atoms with Crippen molar-refractivity contribution in [2.45, 2.75) is 32.0 Å². The molecule has 3 aromatic rings. The van der Waals surface area contributed by atoms with Gasteiger partial charge in [0.1, 0.15) is 12.1 Å². The Hall–Kier alpha value is -2.99. The van der Waals surface area contributed by atoms with Gasteiger partial charge >= 0.3 is 5.97 Å². The minimum Gasteiger partial charge on any atom is -0.459 e. The number of carbonyl (C=O) groups is 1. The molecule has 0 saturated heterocycles. The standard InChI is InChI=1S/C22H21N3O3/c1-4-22(24(2)3)16-10-18-19-14(9-13-7-5-6-8-17(13)23-19)11-25(18)20(26)15(16)12-28-21(22)27/h5-10H,4,11-12H2,1-3H3. The molecule has 1 aromatic carbocycles. The van der Waals surface area contributed by atoms with Crippen LogP contribution in [0.25, 0.3) is 22.3 Å². The van der Waals surface area contributed by atoms with E-state index in [1.807, 2.05) is 56.3 Å². The lowest BCUT2D eigenvalue weighted by molar-refractivity contribution is -0.162. The molecular formula is C22H21N3O3. The highest BCUT2D eigenvalue weighted by molar-refractivity contribution is 5.87. The van der Waals surface area contributed by atoms with E-state index in [0.717, 1.165) is 33.4 Å². The molecule has 0 N–H and O–H groups in total. The minimum absolute atomic E-state index is 0.0224. The smallest absolute Gasteiger partial charge is 0.331 e. The van der Waals surface area contributed by atoms with Crippen LogP contribution in [0, 0.1) is 0 Å². The van der Waals surface area contributed by atoms with Gasteiger partial charge in [0.15, 0.2) is 0 Å². The number of hydrogen-bond acceptors (Lipinski definition) is 5. The first-order chi connectivity index (χ1) is 13.5. The molecular weight excluding hydrogens is 354 g/mol. The first-order valence-electron chi connectivity index (χ1n) is 9.48. The van der Waals surface area contributed by atoms with Gasteiger partial charge in [-0.3, -0.25) is 9.69 Å². The van der Waals surface area contributed by atoms with Crippen LogP contribution in [0.1, 0.15) is 30.0 Å². The maximum Gasteiger partial charge on any atom is 0.331 e. The summed E-state index contributed by atoms with van der Waals surface area (Å²) in [5.74, 6) is -0.304. The van der Waals surface area contributed by atoms with Gasteiger partial charge in [0.25, 0.3) is 5.56 Å². The molecule has 0 spiro atoms. The molecule has 6 heteroatoms. The number of para-hydroxylation sites is 1. The fourth-order valence-electron chi connectivity index (χ4n) is 4.66. The van der Waals surface area contributed by atoms with Crippen LogP contribution in [0.2, 0.25) is 0 Å². The number of benzene rings is 1. The fraction of sp³-hybridized carbons (Fsp3) is 0.318. The number of fused-ring (bicyclic) bond motifs is 5. The third-order valence-electron chi connectivity index (χ3n) is 6.18. The van der Waals surface area contributed by atoms with Crippen LogP contribution < -0.4 is 5.56 Å². The lowest BCUT2D eigenvalue weighted by Crippen LogP contribution is -2.53. The van der Waals surface area contributed by atoms with Crippen LogP contribution >= 0.6 is 0 Å². The Balaban J connectivity index is 1.82. The summed E-state index contributed by atoms with van der Waals surface area (Å²) in [5.41, 5.74) is 3.78.